The summed E-state index contributed by atoms with van der Waals surface area (Å²) in [5, 5.41) is 13.2. The number of thiophene rings is 1. The van der Waals surface area contributed by atoms with Gasteiger partial charge in [-0.3, -0.25) is 4.79 Å². The minimum absolute atomic E-state index is 0.121. The fourth-order valence-electron chi connectivity index (χ4n) is 1.31. The molecule has 0 fully saturated rings. The number of furan rings is 1. The smallest absolute Gasteiger partial charge is 0.345 e. The van der Waals surface area contributed by atoms with Gasteiger partial charge in [0.2, 0.25) is 5.91 Å². The molecule has 0 aliphatic rings. The zero-order valence-electron chi connectivity index (χ0n) is 9.79. The Labute approximate surface area is 117 Å². The summed E-state index contributed by atoms with van der Waals surface area (Å²) in [4.78, 5) is 23.3. The second kappa shape index (κ2) is 6.44. The van der Waals surface area contributed by atoms with Crippen LogP contribution in [0.2, 0.25) is 0 Å². The van der Waals surface area contributed by atoms with Crippen LogP contribution in [0, 0.1) is 0 Å². The first-order valence-electron chi connectivity index (χ1n) is 5.39. The molecule has 0 unspecified atom stereocenters. The Morgan fingerprint density at radius 3 is 2.95 bits per heavy atom. The second-order valence-corrected chi connectivity index (χ2v) is 5.56. The maximum absolute atomic E-state index is 11.6. The van der Waals surface area contributed by atoms with Crippen LogP contribution in [0.15, 0.2) is 39.2 Å². The highest BCUT2D eigenvalue weighted by molar-refractivity contribution is 8.00. The minimum Gasteiger partial charge on any atom is -0.477 e. The van der Waals surface area contributed by atoms with E-state index in [9.17, 15) is 9.59 Å². The van der Waals surface area contributed by atoms with Crippen molar-refractivity contribution < 1.29 is 19.1 Å². The SMILES string of the molecule is O=C(CSc1csc(C(=O)O)c1)NCc1ccco1. The lowest BCUT2D eigenvalue weighted by Crippen LogP contribution is -2.24. The molecule has 0 bridgehead atoms. The van der Waals surface area contributed by atoms with Crippen molar-refractivity contribution in [3.8, 4) is 0 Å². The van der Waals surface area contributed by atoms with E-state index in [1.165, 1.54) is 11.8 Å². The van der Waals surface area contributed by atoms with Gasteiger partial charge in [0.25, 0.3) is 0 Å². The summed E-state index contributed by atoms with van der Waals surface area (Å²) in [6, 6.07) is 5.11. The van der Waals surface area contributed by atoms with Gasteiger partial charge in [-0.05, 0) is 18.2 Å². The Kier molecular flexibility index (Phi) is 4.64. The van der Waals surface area contributed by atoms with Crippen LogP contribution in [0.4, 0.5) is 0 Å². The molecular formula is C12H11NO4S2. The molecule has 100 valence electrons. The van der Waals surface area contributed by atoms with Crippen LogP contribution < -0.4 is 5.32 Å². The van der Waals surface area contributed by atoms with Gasteiger partial charge in [-0.1, -0.05) is 0 Å². The molecule has 0 aliphatic carbocycles. The summed E-state index contributed by atoms with van der Waals surface area (Å²) < 4.78 is 5.09. The van der Waals surface area contributed by atoms with Gasteiger partial charge in [0.05, 0.1) is 18.6 Å². The molecule has 7 heteroatoms. The van der Waals surface area contributed by atoms with Crippen LogP contribution in [0.3, 0.4) is 0 Å². The molecule has 0 atom stereocenters. The minimum atomic E-state index is -0.945. The average Bonchev–Trinajstić information content (AvgIpc) is 3.05. The zero-order valence-corrected chi connectivity index (χ0v) is 11.4. The van der Waals surface area contributed by atoms with Crippen LogP contribution >= 0.6 is 23.1 Å². The number of hydrogen-bond acceptors (Lipinski definition) is 5. The maximum Gasteiger partial charge on any atom is 0.345 e. The number of carboxylic acids is 1. The van der Waals surface area contributed by atoms with E-state index in [4.69, 9.17) is 9.52 Å². The number of carbonyl (C=O) groups is 2. The molecule has 2 aromatic heterocycles. The molecule has 5 nitrogen and oxygen atoms in total. The monoisotopic (exact) mass is 297 g/mol. The van der Waals surface area contributed by atoms with Crippen LogP contribution in [-0.2, 0) is 11.3 Å². The number of nitrogens with one attached hydrogen (secondary N) is 1. The standard InChI is InChI=1S/C12H11NO4S2/c14-11(13-5-8-2-1-3-17-8)7-18-9-4-10(12(15)16)19-6-9/h1-4,6H,5,7H2,(H,13,14)(H,15,16). The number of carboxylic acid groups (broad SMARTS) is 1. The van der Waals surface area contributed by atoms with E-state index in [1.807, 2.05) is 0 Å². The number of thioether (sulfide) groups is 1. The summed E-state index contributed by atoms with van der Waals surface area (Å²) in [6.07, 6.45) is 1.55. The van der Waals surface area contributed by atoms with Crippen molar-refractivity contribution in [2.45, 2.75) is 11.4 Å². The lowest BCUT2D eigenvalue weighted by molar-refractivity contribution is -0.118. The molecule has 2 rings (SSSR count). The number of rotatable bonds is 6. The van der Waals surface area contributed by atoms with E-state index >= 15 is 0 Å². The first-order valence-corrected chi connectivity index (χ1v) is 7.25. The van der Waals surface area contributed by atoms with E-state index in [-0.39, 0.29) is 16.5 Å². The number of amides is 1. The first-order chi connectivity index (χ1) is 9.15. The lowest BCUT2D eigenvalue weighted by atomic mass is 10.4. The zero-order chi connectivity index (χ0) is 13.7. The Morgan fingerprint density at radius 2 is 2.32 bits per heavy atom. The second-order valence-electron chi connectivity index (χ2n) is 3.60. The number of hydrogen-bond donors (Lipinski definition) is 2. The van der Waals surface area contributed by atoms with Gasteiger partial charge in [0.1, 0.15) is 10.6 Å². The summed E-state index contributed by atoms with van der Waals surface area (Å²) in [6.45, 7) is 0.358. The van der Waals surface area contributed by atoms with Crippen LogP contribution in [0.1, 0.15) is 15.4 Å². The van der Waals surface area contributed by atoms with Crippen molar-refractivity contribution in [1.29, 1.82) is 0 Å². The molecule has 19 heavy (non-hydrogen) atoms. The molecular weight excluding hydrogens is 286 g/mol. The molecule has 0 radical (unpaired) electrons. The van der Waals surface area contributed by atoms with E-state index in [0.29, 0.717) is 12.3 Å². The van der Waals surface area contributed by atoms with Gasteiger partial charge in [0, 0.05) is 10.3 Å². The quantitative estimate of drug-likeness (QED) is 0.801. The summed E-state index contributed by atoms with van der Waals surface area (Å²) in [7, 11) is 0. The molecule has 0 aromatic carbocycles. The van der Waals surface area contributed by atoms with E-state index in [2.05, 4.69) is 5.32 Å². The summed E-state index contributed by atoms with van der Waals surface area (Å²) in [5.41, 5.74) is 0. The van der Waals surface area contributed by atoms with Crippen LogP contribution in [0.25, 0.3) is 0 Å². The third-order valence-corrected chi connectivity index (χ3v) is 4.24. The average molecular weight is 297 g/mol. The fraction of sp³-hybridized carbons (Fsp3) is 0.167. The van der Waals surface area contributed by atoms with Gasteiger partial charge in [-0.2, -0.15) is 0 Å². The Balaban J connectivity index is 1.75. The Morgan fingerprint density at radius 1 is 1.47 bits per heavy atom. The van der Waals surface area contributed by atoms with Crippen molar-refractivity contribution >= 4 is 35.0 Å². The van der Waals surface area contributed by atoms with E-state index < -0.39 is 5.97 Å². The molecule has 0 saturated heterocycles. The van der Waals surface area contributed by atoms with Crippen molar-refractivity contribution in [1.82, 2.24) is 5.32 Å². The lowest BCUT2D eigenvalue weighted by Gasteiger charge is -2.01. The van der Waals surface area contributed by atoms with E-state index in [0.717, 1.165) is 16.2 Å². The fourth-order valence-corrected chi connectivity index (χ4v) is 3.00. The van der Waals surface area contributed by atoms with Gasteiger partial charge in [-0.25, -0.2) is 4.79 Å². The Hall–Kier alpha value is -1.73. The normalized spacial score (nSPS) is 10.3. The van der Waals surface area contributed by atoms with Crippen LogP contribution in [0.5, 0.6) is 0 Å². The molecule has 2 N–H and O–H groups in total. The first kappa shape index (κ1) is 13.7. The molecule has 1 amide bonds. The van der Waals surface area contributed by atoms with Gasteiger partial charge in [0.15, 0.2) is 0 Å². The van der Waals surface area contributed by atoms with Crippen molar-refractivity contribution in [2.24, 2.45) is 0 Å². The van der Waals surface area contributed by atoms with Crippen molar-refractivity contribution in [3.05, 3.63) is 40.5 Å². The number of carbonyl (C=O) groups excluding carboxylic acids is 1. The molecule has 2 aromatic rings. The highest BCUT2D eigenvalue weighted by Gasteiger charge is 2.09. The van der Waals surface area contributed by atoms with E-state index in [1.54, 1.807) is 29.8 Å². The topological polar surface area (TPSA) is 79.5 Å². The maximum atomic E-state index is 11.6. The summed E-state index contributed by atoms with van der Waals surface area (Å²) >= 11 is 2.46. The van der Waals surface area contributed by atoms with Crippen LogP contribution in [-0.4, -0.2) is 22.7 Å². The molecule has 2 heterocycles. The molecule has 0 saturated carbocycles. The highest BCUT2D eigenvalue weighted by Crippen LogP contribution is 2.24. The molecule has 0 spiro atoms. The van der Waals surface area contributed by atoms with Crippen molar-refractivity contribution in [3.63, 3.8) is 0 Å². The van der Waals surface area contributed by atoms with Gasteiger partial charge in [-0.15, -0.1) is 23.1 Å². The third kappa shape index (κ3) is 4.15. The van der Waals surface area contributed by atoms with Gasteiger partial charge >= 0.3 is 5.97 Å². The largest absolute Gasteiger partial charge is 0.477 e. The summed E-state index contributed by atoms with van der Waals surface area (Å²) in [5.74, 6) is -0.123. The highest BCUT2D eigenvalue weighted by atomic mass is 32.2. The third-order valence-electron chi connectivity index (χ3n) is 2.20. The predicted octanol–water partition coefficient (Wildman–Crippen LogP) is 2.45. The number of aromatic carboxylic acids is 1. The Bertz CT molecular complexity index is 562. The predicted molar refractivity (Wildman–Crippen MR) is 72.6 cm³/mol. The molecule has 0 aliphatic heterocycles. The van der Waals surface area contributed by atoms with Gasteiger partial charge < -0.3 is 14.8 Å². The van der Waals surface area contributed by atoms with Crippen molar-refractivity contribution in [2.75, 3.05) is 5.75 Å².